The molecule has 0 aliphatic carbocycles. The van der Waals surface area contributed by atoms with Crippen LogP contribution in [-0.2, 0) is 19.1 Å². The Kier molecular flexibility index (Phi) is 6.34. The third-order valence-corrected chi connectivity index (χ3v) is 4.16. The van der Waals surface area contributed by atoms with Crippen LogP contribution in [0.1, 0.15) is 6.42 Å². The van der Waals surface area contributed by atoms with Crippen LogP contribution in [0.3, 0.4) is 0 Å². The summed E-state index contributed by atoms with van der Waals surface area (Å²) >= 11 is 2.16. The summed E-state index contributed by atoms with van der Waals surface area (Å²) in [6.07, 6.45) is -0.0706. The van der Waals surface area contributed by atoms with Gasteiger partial charge in [0.2, 0.25) is 11.8 Å². The van der Waals surface area contributed by atoms with Gasteiger partial charge in [0.15, 0.2) is 0 Å². The Morgan fingerprint density at radius 1 is 1.48 bits per heavy atom. The Morgan fingerprint density at radius 2 is 2.26 bits per heavy atom. The molecule has 1 aromatic carbocycles. The monoisotopic (exact) mass is 431 g/mol. The molecule has 1 aromatic rings. The maximum atomic E-state index is 12.2. The minimum absolute atomic E-state index is 0.0422. The molecule has 1 aliphatic rings. The number of hydrogen-bond donors (Lipinski definition) is 2. The standard InChI is InChI=1S/C15H18IN3O4/c1-23-14(21)8-12-15(22)17-5-6-19(12)9-13(20)18-11-4-2-3-10(16)7-11/h2-4,7,12H,5-6,8-9H2,1H3,(H,17,22)(H,18,20). The largest absolute Gasteiger partial charge is 0.469 e. The highest BCUT2D eigenvalue weighted by molar-refractivity contribution is 14.1. The van der Waals surface area contributed by atoms with Gasteiger partial charge >= 0.3 is 5.97 Å². The Labute approximate surface area is 147 Å². The van der Waals surface area contributed by atoms with E-state index < -0.39 is 12.0 Å². The Morgan fingerprint density at radius 3 is 2.96 bits per heavy atom. The molecule has 1 atom stereocenters. The van der Waals surface area contributed by atoms with Crippen LogP contribution in [-0.4, -0.2) is 55.5 Å². The van der Waals surface area contributed by atoms with Crippen LogP contribution in [0, 0.1) is 3.57 Å². The summed E-state index contributed by atoms with van der Waals surface area (Å²) in [5.41, 5.74) is 0.702. The van der Waals surface area contributed by atoms with Gasteiger partial charge in [0, 0.05) is 22.3 Å². The van der Waals surface area contributed by atoms with Gasteiger partial charge in [-0.1, -0.05) is 6.07 Å². The fourth-order valence-electron chi connectivity index (χ4n) is 2.37. The van der Waals surface area contributed by atoms with Crippen LogP contribution in [0.4, 0.5) is 5.69 Å². The average Bonchev–Trinajstić information content (AvgIpc) is 2.50. The van der Waals surface area contributed by atoms with Crippen molar-refractivity contribution < 1.29 is 19.1 Å². The summed E-state index contributed by atoms with van der Waals surface area (Å²) in [6.45, 7) is 1.00. The third kappa shape index (κ3) is 5.17. The van der Waals surface area contributed by atoms with Crippen LogP contribution in [0.25, 0.3) is 0 Å². The summed E-state index contributed by atoms with van der Waals surface area (Å²) in [6, 6.07) is 6.75. The topological polar surface area (TPSA) is 87.7 Å². The van der Waals surface area contributed by atoms with E-state index in [-0.39, 0.29) is 24.8 Å². The van der Waals surface area contributed by atoms with Crippen molar-refractivity contribution in [2.24, 2.45) is 0 Å². The van der Waals surface area contributed by atoms with Gasteiger partial charge in [-0.3, -0.25) is 19.3 Å². The molecule has 2 amide bonds. The number of anilines is 1. The molecule has 0 aromatic heterocycles. The zero-order valence-electron chi connectivity index (χ0n) is 12.7. The van der Waals surface area contributed by atoms with E-state index in [1.165, 1.54) is 7.11 Å². The molecule has 7 nitrogen and oxygen atoms in total. The van der Waals surface area contributed by atoms with Gasteiger partial charge in [-0.05, 0) is 40.8 Å². The highest BCUT2D eigenvalue weighted by atomic mass is 127. The molecule has 23 heavy (non-hydrogen) atoms. The second kappa shape index (κ2) is 8.25. The number of amides is 2. The van der Waals surface area contributed by atoms with Gasteiger partial charge in [0.05, 0.1) is 20.1 Å². The molecule has 0 saturated carbocycles. The van der Waals surface area contributed by atoms with Gasteiger partial charge in [-0.15, -0.1) is 0 Å². The minimum Gasteiger partial charge on any atom is -0.469 e. The Hall–Kier alpha value is -1.68. The van der Waals surface area contributed by atoms with Gasteiger partial charge < -0.3 is 15.4 Å². The molecule has 0 radical (unpaired) electrons. The smallest absolute Gasteiger partial charge is 0.307 e. The quantitative estimate of drug-likeness (QED) is 0.527. The summed E-state index contributed by atoms with van der Waals surface area (Å²) in [4.78, 5) is 37.3. The summed E-state index contributed by atoms with van der Waals surface area (Å²) < 4.78 is 5.63. The van der Waals surface area contributed by atoms with Gasteiger partial charge in [-0.2, -0.15) is 0 Å². The van der Waals surface area contributed by atoms with E-state index in [2.05, 4.69) is 38.0 Å². The van der Waals surface area contributed by atoms with Crippen LogP contribution in [0.15, 0.2) is 24.3 Å². The van der Waals surface area contributed by atoms with E-state index in [0.29, 0.717) is 18.8 Å². The normalized spacial score (nSPS) is 18.2. The summed E-state index contributed by atoms with van der Waals surface area (Å²) in [7, 11) is 1.27. The number of ether oxygens (including phenoxy) is 1. The number of nitrogens with zero attached hydrogens (tertiary/aromatic N) is 1. The highest BCUT2D eigenvalue weighted by Gasteiger charge is 2.32. The first kappa shape index (κ1) is 17.7. The zero-order valence-corrected chi connectivity index (χ0v) is 14.8. The molecule has 124 valence electrons. The van der Waals surface area contributed by atoms with Gasteiger partial charge in [-0.25, -0.2) is 0 Å². The predicted molar refractivity (Wildman–Crippen MR) is 92.8 cm³/mol. The van der Waals surface area contributed by atoms with Crippen molar-refractivity contribution in [3.05, 3.63) is 27.8 Å². The number of carbonyl (C=O) groups excluding carboxylic acids is 3. The van der Waals surface area contributed by atoms with Crippen molar-refractivity contribution in [3.8, 4) is 0 Å². The lowest BCUT2D eigenvalue weighted by Gasteiger charge is -2.33. The number of benzene rings is 1. The maximum absolute atomic E-state index is 12.2. The number of methoxy groups -OCH3 is 1. The molecule has 8 heteroatoms. The van der Waals surface area contributed by atoms with Crippen LogP contribution in [0.2, 0.25) is 0 Å². The number of halogens is 1. The average molecular weight is 431 g/mol. The second-order valence-electron chi connectivity index (χ2n) is 5.12. The lowest BCUT2D eigenvalue weighted by Crippen LogP contribution is -2.57. The second-order valence-corrected chi connectivity index (χ2v) is 6.36. The first-order valence-electron chi connectivity index (χ1n) is 7.13. The van der Waals surface area contributed by atoms with Crippen molar-refractivity contribution in [1.82, 2.24) is 10.2 Å². The molecule has 0 spiro atoms. The van der Waals surface area contributed by atoms with Gasteiger partial charge in [0.25, 0.3) is 0 Å². The SMILES string of the molecule is COC(=O)CC1C(=O)NCCN1CC(=O)Nc1cccc(I)c1. The lowest BCUT2D eigenvalue weighted by atomic mass is 10.1. The summed E-state index contributed by atoms with van der Waals surface area (Å²) in [5, 5.41) is 5.50. The number of rotatable bonds is 5. The molecule has 1 fully saturated rings. The number of nitrogens with one attached hydrogen (secondary N) is 2. The van der Waals surface area contributed by atoms with Crippen molar-refractivity contribution in [3.63, 3.8) is 0 Å². The fraction of sp³-hybridized carbons (Fsp3) is 0.400. The molecule has 1 unspecified atom stereocenters. The van der Waals surface area contributed by atoms with Crippen LogP contribution >= 0.6 is 22.6 Å². The minimum atomic E-state index is -0.683. The van der Waals surface area contributed by atoms with E-state index in [0.717, 1.165) is 3.57 Å². The van der Waals surface area contributed by atoms with E-state index in [1.807, 2.05) is 18.2 Å². The Balaban J connectivity index is 1.99. The number of carbonyl (C=O) groups is 3. The molecule has 1 heterocycles. The van der Waals surface area contributed by atoms with E-state index in [1.54, 1.807) is 11.0 Å². The molecule has 0 bridgehead atoms. The highest BCUT2D eigenvalue weighted by Crippen LogP contribution is 2.14. The Bertz CT molecular complexity index is 608. The maximum Gasteiger partial charge on any atom is 0.307 e. The molecule has 1 saturated heterocycles. The first-order chi connectivity index (χ1) is 11.0. The molecule has 2 rings (SSSR count). The van der Waals surface area contributed by atoms with Crippen molar-refractivity contribution in [2.45, 2.75) is 12.5 Å². The van der Waals surface area contributed by atoms with Crippen molar-refractivity contribution in [1.29, 1.82) is 0 Å². The number of esters is 1. The van der Waals surface area contributed by atoms with Crippen molar-refractivity contribution >= 4 is 46.1 Å². The number of hydrogen-bond acceptors (Lipinski definition) is 5. The summed E-state index contributed by atoms with van der Waals surface area (Å²) in [5.74, 6) is -0.963. The lowest BCUT2D eigenvalue weighted by molar-refractivity contribution is -0.146. The van der Waals surface area contributed by atoms with E-state index in [4.69, 9.17) is 0 Å². The number of piperazine rings is 1. The third-order valence-electron chi connectivity index (χ3n) is 3.48. The zero-order chi connectivity index (χ0) is 16.8. The van der Waals surface area contributed by atoms with Crippen molar-refractivity contribution in [2.75, 3.05) is 32.1 Å². The van der Waals surface area contributed by atoms with E-state index >= 15 is 0 Å². The predicted octanol–water partition coefficient (Wildman–Crippen LogP) is 0.593. The van der Waals surface area contributed by atoms with Crippen LogP contribution < -0.4 is 10.6 Å². The first-order valence-corrected chi connectivity index (χ1v) is 8.21. The molecule has 1 aliphatic heterocycles. The van der Waals surface area contributed by atoms with Crippen LogP contribution in [0.5, 0.6) is 0 Å². The van der Waals surface area contributed by atoms with Gasteiger partial charge in [0.1, 0.15) is 6.04 Å². The molecular weight excluding hydrogens is 413 g/mol. The molecular formula is C15H18IN3O4. The van der Waals surface area contributed by atoms with E-state index in [9.17, 15) is 14.4 Å². The fourth-order valence-corrected chi connectivity index (χ4v) is 2.91. The molecule has 2 N–H and O–H groups in total.